The highest BCUT2D eigenvalue weighted by molar-refractivity contribution is 5.88. The van der Waals surface area contributed by atoms with E-state index in [1.807, 2.05) is 6.92 Å². The third-order valence-electron chi connectivity index (χ3n) is 2.36. The molecule has 2 heteroatoms. The molecule has 1 nitrogen and oxygen atoms in total. The zero-order chi connectivity index (χ0) is 8.72. The highest BCUT2D eigenvalue weighted by atomic mass is 19.1. The van der Waals surface area contributed by atoms with Gasteiger partial charge in [-0.3, -0.25) is 4.79 Å². The maximum absolute atomic E-state index is 13.1. The third kappa shape index (κ3) is 0.951. The Balaban J connectivity index is 2.64. The highest BCUT2D eigenvalue weighted by Gasteiger charge is 2.22. The molecule has 0 unspecified atom stereocenters. The number of hydrogen-bond acceptors (Lipinski definition) is 1. The Bertz CT molecular complexity index is 322. The molecule has 0 aromatic heterocycles. The Hall–Kier alpha value is -1.18. The third-order valence-corrected chi connectivity index (χ3v) is 2.36. The number of ketones is 1. The second kappa shape index (κ2) is 2.41. The maximum atomic E-state index is 13.1. The molecule has 0 saturated carbocycles. The number of carbonyl (C=O) groups is 1. The van der Waals surface area contributed by atoms with Crippen LogP contribution in [0.3, 0.4) is 0 Å². The second-order valence-electron chi connectivity index (χ2n) is 3.21. The molecule has 0 spiro atoms. The number of halogens is 1. The Kier molecular flexibility index (Phi) is 1.50. The molecule has 0 atom stereocenters. The van der Waals surface area contributed by atoms with Gasteiger partial charge in [-0.25, -0.2) is 4.39 Å². The van der Waals surface area contributed by atoms with Gasteiger partial charge in [-0.2, -0.15) is 0 Å². The smallest absolute Gasteiger partial charge is 0.141 e. The zero-order valence-electron chi connectivity index (χ0n) is 6.86. The molecule has 1 aromatic carbocycles. The number of Topliss-reactive ketones (excluding diaryl/α,β-unsaturated/α-hetero) is 1. The predicted molar refractivity (Wildman–Crippen MR) is 43.6 cm³/mol. The van der Waals surface area contributed by atoms with E-state index in [1.54, 1.807) is 6.07 Å². The van der Waals surface area contributed by atoms with E-state index in [0.717, 1.165) is 11.1 Å². The van der Waals surface area contributed by atoms with E-state index in [2.05, 4.69) is 0 Å². The van der Waals surface area contributed by atoms with Crippen LogP contribution < -0.4 is 0 Å². The first-order chi connectivity index (χ1) is 5.68. The van der Waals surface area contributed by atoms with Crippen molar-refractivity contribution in [2.24, 2.45) is 0 Å². The molecule has 12 heavy (non-hydrogen) atoms. The molecule has 1 aromatic rings. The minimum absolute atomic E-state index is 0.123. The Morgan fingerprint density at radius 2 is 1.92 bits per heavy atom. The monoisotopic (exact) mass is 164 g/mol. The van der Waals surface area contributed by atoms with E-state index >= 15 is 0 Å². The molecular formula is C10H9FO. The van der Waals surface area contributed by atoms with Crippen molar-refractivity contribution in [1.82, 2.24) is 0 Å². The Morgan fingerprint density at radius 1 is 1.25 bits per heavy atom. The van der Waals surface area contributed by atoms with Crippen molar-refractivity contribution in [3.63, 3.8) is 0 Å². The Morgan fingerprint density at radius 3 is 2.58 bits per heavy atom. The van der Waals surface area contributed by atoms with Crippen LogP contribution in [0.5, 0.6) is 0 Å². The molecular weight excluding hydrogens is 155 g/mol. The van der Waals surface area contributed by atoms with Gasteiger partial charge in [-0.05, 0) is 29.7 Å². The summed E-state index contributed by atoms with van der Waals surface area (Å²) in [7, 11) is 0. The van der Waals surface area contributed by atoms with Crippen LogP contribution in [-0.2, 0) is 17.6 Å². The lowest BCUT2D eigenvalue weighted by Crippen LogP contribution is -1.93. The van der Waals surface area contributed by atoms with Gasteiger partial charge in [0.15, 0.2) is 0 Å². The summed E-state index contributed by atoms with van der Waals surface area (Å²) in [6, 6.07) is 3.17. The quantitative estimate of drug-likeness (QED) is 0.571. The van der Waals surface area contributed by atoms with Crippen LogP contribution in [0.4, 0.5) is 4.39 Å². The van der Waals surface area contributed by atoms with Crippen LogP contribution in [0.2, 0.25) is 0 Å². The fourth-order valence-electron chi connectivity index (χ4n) is 1.68. The summed E-state index contributed by atoms with van der Waals surface area (Å²) in [4.78, 5) is 11.0. The molecule has 2 rings (SSSR count). The van der Waals surface area contributed by atoms with E-state index in [-0.39, 0.29) is 18.0 Å². The van der Waals surface area contributed by atoms with Gasteiger partial charge in [-0.1, -0.05) is 6.07 Å². The topological polar surface area (TPSA) is 17.1 Å². The molecule has 0 aliphatic heterocycles. The first-order valence-corrected chi connectivity index (χ1v) is 3.97. The highest BCUT2D eigenvalue weighted by Crippen LogP contribution is 2.25. The summed E-state index contributed by atoms with van der Waals surface area (Å²) in [5, 5.41) is 0. The largest absolute Gasteiger partial charge is 0.299 e. The minimum atomic E-state index is -0.235. The summed E-state index contributed by atoms with van der Waals surface area (Å²) in [6.45, 7) is 1.91. The molecule has 0 amide bonds. The number of fused-ring (bicyclic) bond motifs is 1. The van der Waals surface area contributed by atoms with Gasteiger partial charge in [0.2, 0.25) is 0 Å². The van der Waals surface area contributed by atoms with Gasteiger partial charge in [0.25, 0.3) is 0 Å². The fourth-order valence-corrected chi connectivity index (χ4v) is 1.68. The van der Waals surface area contributed by atoms with Crippen molar-refractivity contribution in [2.45, 2.75) is 19.8 Å². The fraction of sp³-hybridized carbons (Fsp3) is 0.300. The molecule has 0 N–H and O–H groups in total. The molecule has 1 aliphatic rings. The molecule has 0 saturated heterocycles. The summed E-state index contributed by atoms with van der Waals surface area (Å²) in [5.74, 6) is -0.111. The average molecular weight is 164 g/mol. The Labute approximate surface area is 70.2 Å². The van der Waals surface area contributed by atoms with Crippen LogP contribution in [0.15, 0.2) is 12.1 Å². The second-order valence-corrected chi connectivity index (χ2v) is 3.21. The molecule has 0 radical (unpaired) electrons. The normalized spacial score (nSPS) is 15.0. The van der Waals surface area contributed by atoms with Crippen molar-refractivity contribution >= 4 is 5.78 Å². The van der Waals surface area contributed by atoms with E-state index in [1.165, 1.54) is 6.07 Å². The minimum Gasteiger partial charge on any atom is -0.299 e. The van der Waals surface area contributed by atoms with Crippen molar-refractivity contribution in [3.8, 4) is 0 Å². The molecule has 0 heterocycles. The lowest BCUT2D eigenvalue weighted by atomic mass is 10.0. The molecule has 1 aliphatic carbocycles. The number of carbonyl (C=O) groups excluding carboxylic acids is 1. The van der Waals surface area contributed by atoms with Crippen molar-refractivity contribution in [1.29, 1.82) is 0 Å². The summed E-state index contributed by atoms with van der Waals surface area (Å²) < 4.78 is 13.1. The first kappa shape index (κ1) is 7.47. The predicted octanol–water partition coefficient (Wildman–Crippen LogP) is 1.80. The summed E-state index contributed by atoms with van der Waals surface area (Å²) in [5.41, 5.74) is 2.54. The van der Waals surface area contributed by atoms with Crippen molar-refractivity contribution in [2.75, 3.05) is 0 Å². The number of aryl methyl sites for hydroxylation is 1. The number of hydrogen-bond donors (Lipinski definition) is 0. The van der Waals surface area contributed by atoms with Crippen molar-refractivity contribution in [3.05, 3.63) is 34.6 Å². The van der Waals surface area contributed by atoms with Gasteiger partial charge >= 0.3 is 0 Å². The number of rotatable bonds is 0. The van der Waals surface area contributed by atoms with Crippen LogP contribution in [0.25, 0.3) is 0 Å². The van der Waals surface area contributed by atoms with Crippen molar-refractivity contribution < 1.29 is 9.18 Å². The summed E-state index contributed by atoms with van der Waals surface area (Å²) in [6.07, 6.45) is 0.696. The first-order valence-electron chi connectivity index (χ1n) is 3.97. The van der Waals surface area contributed by atoms with E-state index in [0.29, 0.717) is 12.0 Å². The lowest BCUT2D eigenvalue weighted by molar-refractivity contribution is -0.117. The van der Waals surface area contributed by atoms with Gasteiger partial charge in [0.1, 0.15) is 11.6 Å². The van der Waals surface area contributed by atoms with Crippen LogP contribution >= 0.6 is 0 Å². The van der Waals surface area contributed by atoms with Gasteiger partial charge in [0, 0.05) is 12.8 Å². The van der Waals surface area contributed by atoms with Gasteiger partial charge < -0.3 is 0 Å². The maximum Gasteiger partial charge on any atom is 0.141 e. The molecule has 0 bridgehead atoms. The van der Waals surface area contributed by atoms with Gasteiger partial charge in [-0.15, -0.1) is 0 Å². The van der Waals surface area contributed by atoms with Gasteiger partial charge in [0.05, 0.1) is 0 Å². The molecule has 0 fully saturated rings. The van der Waals surface area contributed by atoms with Crippen LogP contribution in [-0.4, -0.2) is 5.78 Å². The van der Waals surface area contributed by atoms with E-state index < -0.39 is 0 Å². The van der Waals surface area contributed by atoms with E-state index in [9.17, 15) is 9.18 Å². The SMILES string of the molecule is Cc1ccc(F)c2c1CC(=O)C2. The standard InChI is InChI=1S/C10H9FO/c1-6-2-3-10(11)9-5-7(12)4-8(6)9/h2-3H,4-5H2,1H3. The average Bonchev–Trinajstić information content (AvgIpc) is 2.41. The zero-order valence-corrected chi connectivity index (χ0v) is 6.86. The van der Waals surface area contributed by atoms with Crippen LogP contribution in [0.1, 0.15) is 16.7 Å². The lowest BCUT2D eigenvalue weighted by Gasteiger charge is -2.02. The van der Waals surface area contributed by atoms with E-state index in [4.69, 9.17) is 0 Å². The number of benzene rings is 1. The summed E-state index contributed by atoms with van der Waals surface area (Å²) >= 11 is 0. The van der Waals surface area contributed by atoms with Crippen LogP contribution in [0, 0.1) is 12.7 Å². The molecule has 62 valence electrons.